The van der Waals surface area contributed by atoms with Gasteiger partial charge in [-0.2, -0.15) is 0 Å². The van der Waals surface area contributed by atoms with Crippen molar-refractivity contribution in [3.63, 3.8) is 0 Å². The number of methoxy groups -OCH3 is 1. The maximum absolute atomic E-state index is 14.4. The molecular formula is C34H36ClN3O5S. The van der Waals surface area contributed by atoms with Gasteiger partial charge in [0.1, 0.15) is 18.3 Å². The molecule has 8 nitrogen and oxygen atoms in total. The highest BCUT2D eigenvalue weighted by Crippen LogP contribution is 2.26. The van der Waals surface area contributed by atoms with Crippen molar-refractivity contribution in [3.05, 3.63) is 125 Å². The minimum Gasteiger partial charge on any atom is -0.497 e. The predicted octanol–water partition coefficient (Wildman–Crippen LogP) is 5.63. The second kappa shape index (κ2) is 14.9. The summed E-state index contributed by atoms with van der Waals surface area (Å²) in [5, 5.41) is 3.25. The molecule has 0 fully saturated rings. The quantitative estimate of drug-likeness (QED) is 0.206. The Bertz CT molecular complexity index is 1660. The third-order valence-electron chi connectivity index (χ3n) is 7.11. The molecule has 230 valence electrons. The number of carbonyl (C=O) groups is 2. The lowest BCUT2D eigenvalue weighted by molar-refractivity contribution is -0.140. The summed E-state index contributed by atoms with van der Waals surface area (Å²) in [5.41, 5.74) is 2.83. The Balaban J connectivity index is 1.80. The third-order valence-corrected chi connectivity index (χ3v) is 9.15. The average Bonchev–Trinajstić information content (AvgIpc) is 3.02. The van der Waals surface area contributed by atoms with Crippen LogP contribution in [0.25, 0.3) is 0 Å². The lowest BCUT2D eigenvalue weighted by Gasteiger charge is -2.34. The number of nitrogens with one attached hydrogen (secondary N) is 1. The van der Waals surface area contributed by atoms with E-state index in [4.69, 9.17) is 16.3 Å². The van der Waals surface area contributed by atoms with E-state index >= 15 is 0 Å². The van der Waals surface area contributed by atoms with Crippen molar-refractivity contribution in [2.45, 2.75) is 37.8 Å². The van der Waals surface area contributed by atoms with Crippen LogP contribution in [-0.2, 0) is 32.6 Å². The van der Waals surface area contributed by atoms with Crippen molar-refractivity contribution in [2.24, 2.45) is 0 Å². The lowest BCUT2D eigenvalue weighted by Crippen LogP contribution is -2.53. The summed E-state index contributed by atoms with van der Waals surface area (Å²) in [6.07, 6.45) is 0.233. The van der Waals surface area contributed by atoms with Gasteiger partial charge >= 0.3 is 0 Å². The maximum atomic E-state index is 14.4. The van der Waals surface area contributed by atoms with E-state index in [1.165, 1.54) is 29.2 Å². The van der Waals surface area contributed by atoms with Crippen molar-refractivity contribution < 1.29 is 22.7 Å². The number of rotatable bonds is 13. The topological polar surface area (TPSA) is 96.0 Å². The van der Waals surface area contributed by atoms with E-state index in [2.05, 4.69) is 5.32 Å². The molecule has 0 unspecified atom stereocenters. The number of benzene rings is 4. The zero-order valence-corrected chi connectivity index (χ0v) is 26.5. The fourth-order valence-corrected chi connectivity index (χ4v) is 6.33. The van der Waals surface area contributed by atoms with Crippen molar-refractivity contribution in [3.8, 4) is 5.75 Å². The van der Waals surface area contributed by atoms with Gasteiger partial charge in [0.2, 0.25) is 11.8 Å². The summed E-state index contributed by atoms with van der Waals surface area (Å²) in [4.78, 5) is 29.4. The number of sulfonamides is 1. The molecule has 0 aliphatic heterocycles. The number of amides is 2. The molecule has 2 amide bonds. The maximum Gasteiger partial charge on any atom is 0.264 e. The molecule has 1 N–H and O–H groups in total. The Morgan fingerprint density at radius 2 is 1.55 bits per heavy atom. The number of anilines is 1. The molecule has 0 saturated carbocycles. The lowest BCUT2D eigenvalue weighted by atomic mass is 10.0. The van der Waals surface area contributed by atoms with Gasteiger partial charge in [-0.25, -0.2) is 8.42 Å². The molecular weight excluding hydrogens is 598 g/mol. The van der Waals surface area contributed by atoms with Crippen LogP contribution < -0.4 is 14.4 Å². The molecule has 0 bridgehead atoms. The first-order chi connectivity index (χ1) is 21.1. The molecule has 4 rings (SSSR count). The predicted molar refractivity (Wildman–Crippen MR) is 173 cm³/mol. The average molecular weight is 634 g/mol. The molecule has 0 radical (unpaired) electrons. The first-order valence-electron chi connectivity index (χ1n) is 14.2. The zero-order valence-electron chi connectivity index (χ0n) is 24.9. The van der Waals surface area contributed by atoms with Crippen LogP contribution in [0.1, 0.15) is 23.6 Å². The summed E-state index contributed by atoms with van der Waals surface area (Å²) >= 11 is 6.04. The number of hydrogen-bond donors (Lipinski definition) is 1. The third kappa shape index (κ3) is 8.18. The van der Waals surface area contributed by atoms with Crippen LogP contribution in [0.5, 0.6) is 5.75 Å². The smallest absolute Gasteiger partial charge is 0.264 e. The highest BCUT2D eigenvalue weighted by atomic mass is 35.5. The van der Waals surface area contributed by atoms with Gasteiger partial charge in [0.05, 0.1) is 17.7 Å². The Hall–Kier alpha value is -4.34. The summed E-state index contributed by atoms with van der Waals surface area (Å²) in [5.74, 6) is -0.285. The SMILES string of the molecule is CCNC(=O)[C@@H](Cc1ccccc1)N(Cc1cccc(OC)c1)C(=O)CN(c1ccc(C)cc1)S(=O)(=O)c1ccc(Cl)cc1. The highest BCUT2D eigenvalue weighted by Gasteiger charge is 2.34. The largest absolute Gasteiger partial charge is 0.497 e. The van der Waals surface area contributed by atoms with E-state index in [1.54, 1.807) is 49.6 Å². The monoisotopic (exact) mass is 633 g/mol. The van der Waals surface area contributed by atoms with Crippen molar-refractivity contribution in [1.82, 2.24) is 10.2 Å². The van der Waals surface area contributed by atoms with Gasteiger partial charge in [0, 0.05) is 24.5 Å². The van der Waals surface area contributed by atoms with E-state index < -0.39 is 28.5 Å². The van der Waals surface area contributed by atoms with E-state index in [1.807, 2.05) is 50.2 Å². The normalized spacial score (nSPS) is 11.8. The van der Waals surface area contributed by atoms with Crippen LogP contribution in [0.2, 0.25) is 5.02 Å². The second-order valence-corrected chi connectivity index (χ2v) is 12.6. The molecule has 4 aromatic carbocycles. The van der Waals surface area contributed by atoms with Gasteiger partial charge in [0.25, 0.3) is 10.0 Å². The summed E-state index contributed by atoms with van der Waals surface area (Å²) in [7, 11) is -2.65. The molecule has 4 aromatic rings. The number of likely N-dealkylation sites (N-methyl/N-ethyl adjacent to an activating group) is 1. The van der Waals surface area contributed by atoms with Crippen LogP contribution in [0.15, 0.2) is 108 Å². The molecule has 0 spiro atoms. The number of ether oxygens (including phenoxy) is 1. The van der Waals surface area contributed by atoms with E-state index in [0.29, 0.717) is 23.0 Å². The Morgan fingerprint density at radius 3 is 2.18 bits per heavy atom. The minimum atomic E-state index is -4.20. The van der Waals surface area contributed by atoms with Crippen LogP contribution in [0, 0.1) is 6.92 Å². The van der Waals surface area contributed by atoms with Crippen LogP contribution in [0.4, 0.5) is 5.69 Å². The van der Waals surface area contributed by atoms with Gasteiger partial charge in [-0.3, -0.25) is 13.9 Å². The molecule has 0 aromatic heterocycles. The van der Waals surface area contributed by atoms with Gasteiger partial charge < -0.3 is 15.0 Å². The van der Waals surface area contributed by atoms with Crippen LogP contribution >= 0.6 is 11.6 Å². The molecule has 10 heteroatoms. The molecule has 0 aliphatic carbocycles. The van der Waals surface area contributed by atoms with Gasteiger partial charge in [0.15, 0.2) is 0 Å². The standard InChI is InChI=1S/C34H36ClN3O5S/c1-4-36-34(40)32(22-26-9-6-5-7-10-26)37(23-27-11-8-12-30(21-27)43-3)33(39)24-38(29-17-13-25(2)14-18-29)44(41,42)31-19-15-28(35)16-20-31/h5-21,32H,4,22-24H2,1-3H3,(H,36,40)/t32-/m1/s1. The fraction of sp³-hybridized carbons (Fsp3) is 0.235. The number of nitrogens with zero attached hydrogens (tertiary/aromatic N) is 2. The number of halogens is 1. The van der Waals surface area contributed by atoms with E-state index in [9.17, 15) is 18.0 Å². The highest BCUT2D eigenvalue weighted by molar-refractivity contribution is 7.92. The molecule has 0 aliphatic rings. The Kier molecular flexibility index (Phi) is 11.0. The second-order valence-electron chi connectivity index (χ2n) is 10.3. The van der Waals surface area contributed by atoms with E-state index in [0.717, 1.165) is 21.0 Å². The summed E-state index contributed by atoms with van der Waals surface area (Å²) in [6.45, 7) is 3.58. The molecule has 0 heterocycles. The Morgan fingerprint density at radius 1 is 0.886 bits per heavy atom. The fourth-order valence-electron chi connectivity index (χ4n) is 4.79. The first kappa shape index (κ1) is 32.6. The minimum absolute atomic E-state index is 0.0146. The van der Waals surface area contributed by atoms with Crippen molar-refractivity contribution in [1.29, 1.82) is 0 Å². The van der Waals surface area contributed by atoms with Crippen molar-refractivity contribution in [2.75, 3.05) is 24.5 Å². The van der Waals surface area contributed by atoms with Gasteiger partial charge in [-0.1, -0.05) is 71.8 Å². The number of carbonyl (C=O) groups excluding carboxylic acids is 2. The zero-order chi connectivity index (χ0) is 31.7. The number of hydrogen-bond acceptors (Lipinski definition) is 5. The molecule has 44 heavy (non-hydrogen) atoms. The van der Waals surface area contributed by atoms with E-state index in [-0.39, 0.29) is 23.8 Å². The van der Waals surface area contributed by atoms with Gasteiger partial charge in [-0.05, 0) is 73.5 Å². The summed E-state index contributed by atoms with van der Waals surface area (Å²) < 4.78 is 34.6. The molecule has 0 saturated heterocycles. The number of aryl methyl sites for hydroxylation is 1. The van der Waals surface area contributed by atoms with Crippen LogP contribution in [-0.4, -0.2) is 51.4 Å². The van der Waals surface area contributed by atoms with Gasteiger partial charge in [-0.15, -0.1) is 0 Å². The molecule has 1 atom stereocenters. The summed E-state index contributed by atoms with van der Waals surface area (Å²) in [6, 6.07) is 28.4. The first-order valence-corrected chi connectivity index (χ1v) is 16.0. The Labute approximate surface area is 264 Å². The van der Waals surface area contributed by atoms with Crippen molar-refractivity contribution >= 4 is 39.1 Å². The van der Waals surface area contributed by atoms with Crippen LogP contribution in [0.3, 0.4) is 0 Å².